The van der Waals surface area contributed by atoms with Gasteiger partial charge in [-0.1, -0.05) is 15.9 Å². The third-order valence-corrected chi connectivity index (χ3v) is 6.49. The minimum Gasteiger partial charge on any atom is -0.377 e. The number of nitrogens with zero attached hydrogens (tertiary/aromatic N) is 1. The molecule has 6 heteroatoms. The summed E-state index contributed by atoms with van der Waals surface area (Å²) in [5, 5.41) is 0.777. The van der Waals surface area contributed by atoms with Crippen LogP contribution in [0.4, 0.5) is 0 Å². The van der Waals surface area contributed by atoms with Gasteiger partial charge in [0, 0.05) is 22.5 Å². The van der Waals surface area contributed by atoms with Gasteiger partial charge in [0.25, 0.3) is 5.91 Å². The number of aryl methyl sites for hydroxylation is 1. The van der Waals surface area contributed by atoms with Crippen molar-refractivity contribution in [2.75, 3.05) is 30.8 Å². The van der Waals surface area contributed by atoms with Crippen LogP contribution >= 0.6 is 39.0 Å². The van der Waals surface area contributed by atoms with Crippen LogP contribution in [0.3, 0.4) is 0 Å². The van der Waals surface area contributed by atoms with E-state index in [2.05, 4.69) is 22.0 Å². The Morgan fingerprint density at radius 2 is 2.47 bits per heavy atom. The number of hydrogen-bond acceptors (Lipinski definition) is 4. The van der Waals surface area contributed by atoms with Crippen molar-refractivity contribution in [3.8, 4) is 0 Å². The summed E-state index contributed by atoms with van der Waals surface area (Å²) in [5.41, 5.74) is 1.37. The van der Waals surface area contributed by atoms with Gasteiger partial charge in [-0.05, 0) is 23.8 Å². The van der Waals surface area contributed by atoms with Crippen molar-refractivity contribution in [3.63, 3.8) is 0 Å². The fourth-order valence-electron chi connectivity index (χ4n) is 2.44. The van der Waals surface area contributed by atoms with E-state index >= 15 is 0 Å². The summed E-state index contributed by atoms with van der Waals surface area (Å²) in [6.07, 6.45) is 1.11. The van der Waals surface area contributed by atoms with E-state index in [-0.39, 0.29) is 11.9 Å². The number of rotatable bonds is 2. The molecule has 19 heavy (non-hydrogen) atoms. The van der Waals surface area contributed by atoms with Gasteiger partial charge in [0.2, 0.25) is 0 Å². The molecule has 0 bridgehead atoms. The Kier molecular flexibility index (Phi) is 4.51. The highest BCUT2D eigenvalue weighted by atomic mass is 79.9. The normalized spacial score (nSPS) is 23.2. The molecule has 0 saturated carbocycles. The van der Waals surface area contributed by atoms with Gasteiger partial charge in [-0.15, -0.1) is 11.3 Å². The number of carbonyl (C=O) groups is 1. The number of thioether (sulfide) groups is 1. The molecule has 1 amide bonds. The minimum absolute atomic E-state index is 0.162. The Labute approximate surface area is 129 Å². The molecule has 3 rings (SSSR count). The molecule has 3 heterocycles. The number of fused-ring (bicyclic) bond motifs is 1. The zero-order valence-corrected chi connectivity index (χ0v) is 13.8. The molecule has 1 aromatic heterocycles. The number of hydrogen-bond donors (Lipinski definition) is 0. The first kappa shape index (κ1) is 13.9. The topological polar surface area (TPSA) is 29.5 Å². The van der Waals surface area contributed by atoms with E-state index in [4.69, 9.17) is 4.74 Å². The minimum atomic E-state index is 0.162. The molecule has 2 aliphatic heterocycles. The molecule has 0 N–H and O–H groups in total. The monoisotopic (exact) mass is 361 g/mol. The molecule has 0 aromatic carbocycles. The zero-order valence-electron chi connectivity index (χ0n) is 10.6. The molecule has 1 unspecified atom stereocenters. The van der Waals surface area contributed by atoms with Crippen LogP contribution in [-0.4, -0.2) is 47.7 Å². The Bertz CT molecular complexity index is 454. The maximum Gasteiger partial charge on any atom is 0.264 e. The number of carbonyl (C=O) groups excluding carboxylic acids is 1. The van der Waals surface area contributed by atoms with Crippen LogP contribution in [0.1, 0.15) is 20.1 Å². The average molecular weight is 362 g/mol. The van der Waals surface area contributed by atoms with E-state index in [9.17, 15) is 4.79 Å². The van der Waals surface area contributed by atoms with Crippen molar-refractivity contribution in [2.24, 2.45) is 0 Å². The van der Waals surface area contributed by atoms with E-state index in [0.717, 1.165) is 22.4 Å². The molecule has 1 atom stereocenters. The van der Waals surface area contributed by atoms with Crippen molar-refractivity contribution in [1.82, 2.24) is 4.90 Å². The predicted octanol–water partition coefficient (Wildman–Crippen LogP) is 2.77. The smallest absolute Gasteiger partial charge is 0.264 e. The molecular formula is C13H16BrNO2S2. The van der Waals surface area contributed by atoms with Crippen molar-refractivity contribution < 1.29 is 9.53 Å². The van der Waals surface area contributed by atoms with Crippen LogP contribution < -0.4 is 0 Å². The Morgan fingerprint density at radius 3 is 3.26 bits per heavy atom. The van der Waals surface area contributed by atoms with Gasteiger partial charge in [0.05, 0.1) is 24.1 Å². The number of thiophene rings is 1. The van der Waals surface area contributed by atoms with Gasteiger partial charge in [0.15, 0.2) is 0 Å². The molecule has 2 aliphatic rings. The van der Waals surface area contributed by atoms with Crippen LogP contribution in [-0.2, 0) is 16.9 Å². The molecule has 1 aromatic rings. The highest BCUT2D eigenvalue weighted by Crippen LogP contribution is 2.32. The Morgan fingerprint density at radius 1 is 1.58 bits per heavy atom. The number of ether oxygens (including phenoxy) is 1. The van der Waals surface area contributed by atoms with Gasteiger partial charge in [-0.2, -0.15) is 11.8 Å². The molecular weight excluding hydrogens is 346 g/mol. The Hall–Kier alpha value is -0.0400. The second-order valence-corrected chi connectivity index (χ2v) is 7.63. The van der Waals surface area contributed by atoms with Crippen molar-refractivity contribution in [2.45, 2.75) is 18.2 Å². The first-order valence-electron chi connectivity index (χ1n) is 6.43. The summed E-state index contributed by atoms with van der Waals surface area (Å²) in [5.74, 6) is 2.42. The Balaban J connectivity index is 1.80. The molecule has 3 nitrogen and oxygen atoms in total. The number of halogens is 1. The van der Waals surface area contributed by atoms with Crippen molar-refractivity contribution >= 4 is 44.9 Å². The molecule has 1 saturated heterocycles. The molecule has 0 radical (unpaired) electrons. The summed E-state index contributed by atoms with van der Waals surface area (Å²) in [4.78, 5) is 16.9. The average Bonchev–Trinajstić information content (AvgIpc) is 2.90. The lowest BCUT2D eigenvalue weighted by Crippen LogP contribution is -2.49. The van der Waals surface area contributed by atoms with Gasteiger partial charge in [-0.25, -0.2) is 0 Å². The van der Waals surface area contributed by atoms with Gasteiger partial charge in [-0.3, -0.25) is 4.79 Å². The van der Waals surface area contributed by atoms with Crippen molar-refractivity contribution in [1.29, 1.82) is 0 Å². The highest BCUT2D eigenvalue weighted by Gasteiger charge is 2.29. The lowest BCUT2D eigenvalue weighted by molar-refractivity contribution is 0.00552. The molecule has 104 valence electrons. The fourth-order valence-corrected chi connectivity index (χ4v) is 5.31. The zero-order chi connectivity index (χ0) is 13.2. The summed E-state index contributed by atoms with van der Waals surface area (Å²) < 4.78 is 5.45. The maximum atomic E-state index is 12.6. The van der Waals surface area contributed by atoms with Crippen LogP contribution in [0.5, 0.6) is 0 Å². The molecule has 1 fully saturated rings. The summed E-state index contributed by atoms with van der Waals surface area (Å²) >= 11 is 7.12. The summed E-state index contributed by atoms with van der Waals surface area (Å²) in [6.45, 7) is 1.99. The van der Waals surface area contributed by atoms with Crippen molar-refractivity contribution in [3.05, 3.63) is 21.4 Å². The largest absolute Gasteiger partial charge is 0.377 e. The number of morpholine rings is 1. The van der Waals surface area contributed by atoms with E-state index < -0.39 is 0 Å². The van der Waals surface area contributed by atoms with E-state index in [1.807, 2.05) is 16.7 Å². The van der Waals surface area contributed by atoms with Crippen LogP contribution in [0.15, 0.2) is 6.07 Å². The van der Waals surface area contributed by atoms with Gasteiger partial charge < -0.3 is 9.64 Å². The second kappa shape index (κ2) is 6.16. The number of alkyl halides is 1. The SMILES string of the molecule is O=C(c1cc2c(s1)CCSC2)N1CCOCC1CBr. The summed E-state index contributed by atoms with van der Waals surface area (Å²) in [7, 11) is 0. The third-order valence-electron chi connectivity index (χ3n) is 3.50. The van der Waals surface area contributed by atoms with Crippen LogP contribution in [0.25, 0.3) is 0 Å². The lowest BCUT2D eigenvalue weighted by atomic mass is 10.2. The second-order valence-electron chi connectivity index (χ2n) is 4.74. The quantitative estimate of drug-likeness (QED) is 0.758. The van der Waals surface area contributed by atoms with E-state index in [0.29, 0.717) is 19.8 Å². The van der Waals surface area contributed by atoms with Crippen LogP contribution in [0, 0.1) is 0 Å². The molecule has 0 spiro atoms. The third kappa shape index (κ3) is 2.86. The van der Waals surface area contributed by atoms with Gasteiger partial charge in [0.1, 0.15) is 0 Å². The van der Waals surface area contributed by atoms with E-state index in [1.165, 1.54) is 16.2 Å². The summed E-state index contributed by atoms with van der Waals surface area (Å²) in [6, 6.07) is 2.27. The number of amides is 1. The standard InChI is InChI=1S/C13H16BrNO2S2/c14-6-10-7-17-3-2-15(10)13(16)12-5-9-8-18-4-1-11(9)19-12/h5,10H,1-4,6-8H2. The first-order chi connectivity index (χ1) is 9.29. The van der Waals surface area contributed by atoms with Crippen LogP contribution in [0.2, 0.25) is 0 Å². The fraction of sp³-hybridized carbons (Fsp3) is 0.615. The predicted molar refractivity (Wildman–Crippen MR) is 83.6 cm³/mol. The lowest BCUT2D eigenvalue weighted by Gasteiger charge is -2.34. The molecule has 0 aliphatic carbocycles. The van der Waals surface area contributed by atoms with Gasteiger partial charge >= 0.3 is 0 Å². The first-order valence-corrected chi connectivity index (χ1v) is 9.53. The highest BCUT2D eigenvalue weighted by molar-refractivity contribution is 9.09. The maximum absolute atomic E-state index is 12.6. The van der Waals surface area contributed by atoms with E-state index in [1.54, 1.807) is 11.3 Å².